The standard InChI is InChI=1S/C16H13BrClNO/c17-13-7-3-6-12(15(13)18)16(20)19-14-9-8-10-4-1-2-5-11(10)14/h1-7,14H,8-9H2,(H,19,20). The van der Waals surface area contributed by atoms with E-state index >= 15 is 0 Å². The van der Waals surface area contributed by atoms with E-state index < -0.39 is 0 Å². The number of carbonyl (C=O) groups excluding carboxylic acids is 1. The molecule has 102 valence electrons. The van der Waals surface area contributed by atoms with Crippen molar-refractivity contribution in [3.05, 3.63) is 68.7 Å². The fourth-order valence-corrected chi connectivity index (χ4v) is 3.20. The molecule has 0 saturated carbocycles. The zero-order chi connectivity index (χ0) is 14.1. The van der Waals surface area contributed by atoms with Gasteiger partial charge in [-0.2, -0.15) is 0 Å². The first kappa shape index (κ1) is 13.7. The van der Waals surface area contributed by atoms with Gasteiger partial charge in [0.25, 0.3) is 5.91 Å². The number of rotatable bonds is 2. The molecule has 1 aliphatic rings. The summed E-state index contributed by atoms with van der Waals surface area (Å²) in [6.07, 6.45) is 1.95. The van der Waals surface area contributed by atoms with Crippen LogP contribution in [0.25, 0.3) is 0 Å². The third-order valence-corrected chi connectivity index (χ3v) is 4.93. The van der Waals surface area contributed by atoms with E-state index in [9.17, 15) is 4.79 Å². The average Bonchev–Trinajstić information content (AvgIpc) is 2.85. The van der Waals surface area contributed by atoms with Crippen LogP contribution in [0.4, 0.5) is 0 Å². The van der Waals surface area contributed by atoms with E-state index in [-0.39, 0.29) is 11.9 Å². The Morgan fingerprint density at radius 1 is 1.20 bits per heavy atom. The first-order valence-corrected chi connectivity index (χ1v) is 7.66. The highest BCUT2D eigenvalue weighted by Gasteiger charge is 2.24. The maximum Gasteiger partial charge on any atom is 0.253 e. The van der Waals surface area contributed by atoms with Gasteiger partial charge in [-0.1, -0.05) is 41.9 Å². The first-order valence-electron chi connectivity index (χ1n) is 6.49. The molecule has 1 amide bonds. The van der Waals surface area contributed by atoms with Gasteiger partial charge in [-0.25, -0.2) is 0 Å². The Balaban J connectivity index is 1.83. The number of nitrogens with one attached hydrogen (secondary N) is 1. The van der Waals surface area contributed by atoms with Crippen molar-refractivity contribution < 1.29 is 4.79 Å². The third kappa shape index (κ3) is 2.48. The number of hydrogen-bond acceptors (Lipinski definition) is 1. The molecule has 1 atom stereocenters. The summed E-state index contributed by atoms with van der Waals surface area (Å²) in [7, 11) is 0. The number of aryl methyl sites for hydroxylation is 1. The maximum absolute atomic E-state index is 12.4. The lowest BCUT2D eigenvalue weighted by molar-refractivity contribution is 0.0937. The van der Waals surface area contributed by atoms with E-state index in [2.05, 4.69) is 33.4 Å². The van der Waals surface area contributed by atoms with Crippen molar-refractivity contribution in [1.82, 2.24) is 5.32 Å². The van der Waals surface area contributed by atoms with Crippen molar-refractivity contribution >= 4 is 33.4 Å². The fourth-order valence-electron chi connectivity index (χ4n) is 2.62. The minimum atomic E-state index is -0.127. The van der Waals surface area contributed by atoms with Gasteiger partial charge in [-0.15, -0.1) is 0 Å². The molecule has 0 radical (unpaired) electrons. The topological polar surface area (TPSA) is 29.1 Å². The Kier molecular flexibility index (Phi) is 3.81. The Morgan fingerprint density at radius 3 is 2.85 bits per heavy atom. The van der Waals surface area contributed by atoms with Gasteiger partial charge in [0.1, 0.15) is 0 Å². The molecule has 0 spiro atoms. The summed E-state index contributed by atoms with van der Waals surface area (Å²) in [5.41, 5.74) is 3.04. The third-order valence-electron chi connectivity index (χ3n) is 3.63. The normalized spacial score (nSPS) is 16.8. The molecule has 0 bridgehead atoms. The Morgan fingerprint density at radius 2 is 2.00 bits per heavy atom. The van der Waals surface area contributed by atoms with E-state index in [1.165, 1.54) is 11.1 Å². The molecule has 3 rings (SSSR count). The quantitative estimate of drug-likeness (QED) is 0.847. The summed E-state index contributed by atoms with van der Waals surface area (Å²) in [4.78, 5) is 12.4. The van der Waals surface area contributed by atoms with Crippen LogP contribution in [-0.4, -0.2) is 5.91 Å². The highest BCUT2D eigenvalue weighted by molar-refractivity contribution is 9.10. The SMILES string of the molecule is O=C(NC1CCc2ccccc21)c1cccc(Br)c1Cl. The minimum absolute atomic E-state index is 0.0775. The van der Waals surface area contributed by atoms with E-state index in [1.54, 1.807) is 6.07 Å². The second-order valence-corrected chi connectivity index (χ2v) is 6.10. The van der Waals surface area contributed by atoms with Crippen LogP contribution in [0.3, 0.4) is 0 Å². The number of amides is 1. The van der Waals surface area contributed by atoms with Crippen molar-refractivity contribution in [2.75, 3.05) is 0 Å². The predicted molar refractivity (Wildman–Crippen MR) is 84.1 cm³/mol. The number of hydrogen-bond donors (Lipinski definition) is 1. The van der Waals surface area contributed by atoms with Gasteiger partial charge in [0.2, 0.25) is 0 Å². The summed E-state index contributed by atoms with van der Waals surface area (Å²) in [5.74, 6) is -0.127. The molecule has 0 fully saturated rings. The van der Waals surface area contributed by atoms with Crippen LogP contribution in [0.5, 0.6) is 0 Å². The second kappa shape index (κ2) is 5.58. The molecule has 4 heteroatoms. The number of halogens is 2. The Labute approximate surface area is 131 Å². The zero-order valence-corrected chi connectivity index (χ0v) is 13.0. The molecular formula is C16H13BrClNO. The van der Waals surface area contributed by atoms with E-state index in [0.717, 1.165) is 17.3 Å². The molecule has 1 N–H and O–H groups in total. The van der Waals surface area contributed by atoms with Gasteiger partial charge in [0.15, 0.2) is 0 Å². The van der Waals surface area contributed by atoms with Crippen LogP contribution in [0, 0.1) is 0 Å². The molecular weight excluding hydrogens is 338 g/mol. The van der Waals surface area contributed by atoms with Gasteiger partial charge in [0, 0.05) is 4.47 Å². The van der Waals surface area contributed by atoms with Gasteiger partial charge in [-0.3, -0.25) is 4.79 Å². The average molecular weight is 351 g/mol. The number of benzene rings is 2. The predicted octanol–water partition coefficient (Wildman–Crippen LogP) is 4.52. The summed E-state index contributed by atoms with van der Waals surface area (Å²) in [6, 6.07) is 13.7. The molecule has 0 saturated heterocycles. The maximum atomic E-state index is 12.4. The Hall–Kier alpha value is -1.32. The van der Waals surface area contributed by atoms with Crippen LogP contribution < -0.4 is 5.32 Å². The summed E-state index contributed by atoms with van der Waals surface area (Å²) < 4.78 is 0.735. The molecule has 0 aliphatic heterocycles. The van der Waals surface area contributed by atoms with E-state index in [1.807, 2.05) is 24.3 Å². The van der Waals surface area contributed by atoms with Crippen molar-refractivity contribution in [2.24, 2.45) is 0 Å². The lowest BCUT2D eigenvalue weighted by Crippen LogP contribution is -2.27. The van der Waals surface area contributed by atoms with Crippen LogP contribution in [0.2, 0.25) is 5.02 Å². The zero-order valence-electron chi connectivity index (χ0n) is 10.7. The molecule has 0 aromatic heterocycles. The fraction of sp³-hybridized carbons (Fsp3) is 0.188. The van der Waals surface area contributed by atoms with Crippen LogP contribution in [0.15, 0.2) is 46.9 Å². The molecule has 2 aromatic carbocycles. The van der Waals surface area contributed by atoms with Crippen molar-refractivity contribution in [1.29, 1.82) is 0 Å². The van der Waals surface area contributed by atoms with Crippen LogP contribution in [-0.2, 0) is 6.42 Å². The molecule has 2 aromatic rings. The Bertz CT molecular complexity index is 671. The molecule has 2 nitrogen and oxygen atoms in total. The van der Waals surface area contributed by atoms with Gasteiger partial charge in [0.05, 0.1) is 16.6 Å². The van der Waals surface area contributed by atoms with Crippen molar-refractivity contribution in [2.45, 2.75) is 18.9 Å². The summed E-state index contributed by atoms with van der Waals surface area (Å²) >= 11 is 9.51. The minimum Gasteiger partial charge on any atom is -0.345 e. The van der Waals surface area contributed by atoms with E-state index in [0.29, 0.717) is 10.6 Å². The lowest BCUT2D eigenvalue weighted by Gasteiger charge is -2.15. The second-order valence-electron chi connectivity index (χ2n) is 4.86. The van der Waals surface area contributed by atoms with Crippen LogP contribution >= 0.6 is 27.5 Å². The highest BCUT2D eigenvalue weighted by Crippen LogP contribution is 2.32. The largest absolute Gasteiger partial charge is 0.345 e. The van der Waals surface area contributed by atoms with Gasteiger partial charge >= 0.3 is 0 Å². The molecule has 20 heavy (non-hydrogen) atoms. The van der Waals surface area contributed by atoms with Crippen molar-refractivity contribution in [3.63, 3.8) is 0 Å². The van der Waals surface area contributed by atoms with E-state index in [4.69, 9.17) is 11.6 Å². The first-order chi connectivity index (χ1) is 9.66. The van der Waals surface area contributed by atoms with Gasteiger partial charge in [-0.05, 0) is 52.0 Å². The van der Waals surface area contributed by atoms with Crippen molar-refractivity contribution in [3.8, 4) is 0 Å². The molecule has 1 aliphatic carbocycles. The van der Waals surface area contributed by atoms with Crippen LogP contribution in [0.1, 0.15) is 33.9 Å². The van der Waals surface area contributed by atoms with Gasteiger partial charge < -0.3 is 5.32 Å². The summed E-state index contributed by atoms with van der Waals surface area (Å²) in [5, 5.41) is 3.53. The molecule has 1 unspecified atom stereocenters. The highest BCUT2D eigenvalue weighted by atomic mass is 79.9. The summed E-state index contributed by atoms with van der Waals surface area (Å²) in [6.45, 7) is 0. The molecule has 0 heterocycles. The number of fused-ring (bicyclic) bond motifs is 1. The smallest absolute Gasteiger partial charge is 0.253 e. The monoisotopic (exact) mass is 349 g/mol. The number of carbonyl (C=O) groups is 1. The lowest BCUT2D eigenvalue weighted by atomic mass is 10.1.